The van der Waals surface area contributed by atoms with Crippen molar-refractivity contribution in [2.24, 2.45) is 0 Å². The summed E-state index contributed by atoms with van der Waals surface area (Å²) in [5.41, 5.74) is 1.19. The fourth-order valence-electron chi connectivity index (χ4n) is 1.56. The molecular formula is C11H9NOS. The van der Waals surface area contributed by atoms with Crippen molar-refractivity contribution >= 4 is 17.4 Å². The van der Waals surface area contributed by atoms with E-state index in [-0.39, 0.29) is 5.37 Å². The van der Waals surface area contributed by atoms with Gasteiger partial charge in [-0.2, -0.15) is 0 Å². The quantitative estimate of drug-likeness (QED) is 0.768. The molecule has 0 bridgehead atoms. The van der Waals surface area contributed by atoms with Gasteiger partial charge in [-0.25, -0.2) is 0 Å². The zero-order valence-electron chi connectivity index (χ0n) is 7.44. The summed E-state index contributed by atoms with van der Waals surface area (Å²) in [6.45, 7) is 0. The molecule has 1 aliphatic heterocycles. The number of rotatable bonds is 1. The molecule has 0 saturated heterocycles. The smallest absolute Gasteiger partial charge is 0.136 e. The van der Waals surface area contributed by atoms with Crippen molar-refractivity contribution in [1.82, 2.24) is 0 Å². The predicted molar refractivity (Wildman–Crippen MR) is 57.4 cm³/mol. The van der Waals surface area contributed by atoms with E-state index >= 15 is 0 Å². The Morgan fingerprint density at radius 2 is 2.07 bits per heavy atom. The van der Waals surface area contributed by atoms with Crippen LogP contribution in [0.2, 0.25) is 0 Å². The molecule has 0 aliphatic carbocycles. The summed E-state index contributed by atoms with van der Waals surface area (Å²) in [5.74, 6) is 0.978. The van der Waals surface area contributed by atoms with Crippen molar-refractivity contribution in [3.8, 4) is 0 Å². The molecule has 0 amide bonds. The molecule has 0 spiro atoms. The van der Waals surface area contributed by atoms with Crippen molar-refractivity contribution in [2.45, 2.75) is 10.3 Å². The number of para-hydroxylation sites is 1. The average Bonchev–Trinajstić information content (AvgIpc) is 2.86. The minimum absolute atomic E-state index is 0.224. The van der Waals surface area contributed by atoms with Crippen molar-refractivity contribution < 1.29 is 4.42 Å². The third-order valence-electron chi connectivity index (χ3n) is 2.22. The fourth-order valence-corrected chi connectivity index (χ4v) is 2.66. The van der Waals surface area contributed by atoms with Crippen LogP contribution in [0.4, 0.5) is 5.69 Å². The summed E-state index contributed by atoms with van der Waals surface area (Å²) >= 11 is 1.79. The van der Waals surface area contributed by atoms with Gasteiger partial charge in [0.25, 0.3) is 0 Å². The van der Waals surface area contributed by atoms with Crippen molar-refractivity contribution in [2.75, 3.05) is 5.32 Å². The number of furan rings is 1. The largest absolute Gasteiger partial charge is 0.466 e. The Labute approximate surface area is 86.3 Å². The van der Waals surface area contributed by atoms with Crippen LogP contribution in [0.25, 0.3) is 0 Å². The molecule has 0 fully saturated rings. The second-order valence-corrected chi connectivity index (χ2v) is 4.30. The zero-order valence-corrected chi connectivity index (χ0v) is 8.25. The van der Waals surface area contributed by atoms with E-state index in [2.05, 4.69) is 23.5 Å². The minimum Gasteiger partial charge on any atom is -0.466 e. The first-order valence-electron chi connectivity index (χ1n) is 4.49. The predicted octanol–water partition coefficient (Wildman–Crippen LogP) is 3.50. The molecule has 3 rings (SSSR count). The van der Waals surface area contributed by atoms with Crippen molar-refractivity contribution in [3.05, 3.63) is 48.4 Å². The number of hydrogen-bond donors (Lipinski definition) is 1. The summed E-state index contributed by atoms with van der Waals surface area (Å²) in [5, 5.41) is 3.63. The second kappa shape index (κ2) is 3.10. The van der Waals surface area contributed by atoms with Crippen LogP contribution in [0.1, 0.15) is 11.1 Å². The van der Waals surface area contributed by atoms with Crippen LogP contribution >= 0.6 is 11.8 Å². The number of fused-ring (bicyclic) bond motifs is 1. The lowest BCUT2D eigenvalue weighted by molar-refractivity contribution is 0.516. The molecule has 1 unspecified atom stereocenters. The average molecular weight is 203 g/mol. The van der Waals surface area contributed by atoms with E-state index in [1.807, 2.05) is 18.2 Å². The van der Waals surface area contributed by atoms with E-state index in [4.69, 9.17) is 4.42 Å². The minimum atomic E-state index is 0.224. The lowest BCUT2D eigenvalue weighted by Gasteiger charge is -2.05. The zero-order chi connectivity index (χ0) is 9.38. The molecule has 14 heavy (non-hydrogen) atoms. The van der Waals surface area contributed by atoms with E-state index in [9.17, 15) is 0 Å². The molecule has 2 heterocycles. The molecule has 0 radical (unpaired) electrons. The van der Waals surface area contributed by atoms with E-state index in [0.29, 0.717) is 0 Å². The highest BCUT2D eigenvalue weighted by atomic mass is 32.2. The van der Waals surface area contributed by atoms with Gasteiger partial charge in [-0.1, -0.05) is 23.9 Å². The summed E-state index contributed by atoms with van der Waals surface area (Å²) in [6.07, 6.45) is 1.71. The molecule has 2 aromatic rings. The Bertz CT molecular complexity index is 413. The first-order chi connectivity index (χ1) is 6.93. The summed E-state index contributed by atoms with van der Waals surface area (Å²) in [7, 11) is 0. The Morgan fingerprint density at radius 1 is 1.14 bits per heavy atom. The van der Waals surface area contributed by atoms with Gasteiger partial charge in [0.1, 0.15) is 11.1 Å². The number of hydrogen-bond acceptors (Lipinski definition) is 3. The number of anilines is 1. The number of thioether (sulfide) groups is 1. The van der Waals surface area contributed by atoms with Gasteiger partial charge in [0, 0.05) is 10.6 Å². The van der Waals surface area contributed by atoms with E-state index in [0.717, 1.165) is 5.76 Å². The van der Waals surface area contributed by atoms with E-state index < -0.39 is 0 Å². The molecule has 1 N–H and O–H groups in total. The molecule has 1 aromatic heterocycles. The molecule has 1 atom stereocenters. The van der Waals surface area contributed by atoms with Gasteiger partial charge in [0.15, 0.2) is 0 Å². The number of nitrogens with one attached hydrogen (secondary N) is 1. The highest BCUT2D eigenvalue weighted by Crippen LogP contribution is 2.46. The van der Waals surface area contributed by atoms with Gasteiger partial charge < -0.3 is 9.73 Å². The van der Waals surface area contributed by atoms with E-state index in [1.165, 1.54) is 10.6 Å². The second-order valence-electron chi connectivity index (χ2n) is 3.15. The van der Waals surface area contributed by atoms with Gasteiger partial charge in [-0.05, 0) is 24.3 Å². The summed E-state index contributed by atoms with van der Waals surface area (Å²) in [6, 6.07) is 12.2. The molecular weight excluding hydrogens is 194 g/mol. The van der Waals surface area contributed by atoms with Crippen LogP contribution in [-0.4, -0.2) is 0 Å². The fraction of sp³-hybridized carbons (Fsp3) is 0.0909. The van der Waals surface area contributed by atoms with Crippen LogP contribution < -0.4 is 5.32 Å². The van der Waals surface area contributed by atoms with Gasteiger partial charge >= 0.3 is 0 Å². The Hall–Kier alpha value is -1.35. The molecule has 0 saturated carbocycles. The van der Waals surface area contributed by atoms with Crippen molar-refractivity contribution in [1.29, 1.82) is 0 Å². The summed E-state index contributed by atoms with van der Waals surface area (Å²) < 4.78 is 5.37. The standard InChI is InChI=1S/C11H9NOS/c1-2-6-10-8(4-1)12-11(14-10)9-5-3-7-13-9/h1-7,11-12H. The Kier molecular flexibility index (Phi) is 1.77. The van der Waals surface area contributed by atoms with Gasteiger partial charge in [-0.15, -0.1) is 0 Å². The monoisotopic (exact) mass is 203 g/mol. The maximum Gasteiger partial charge on any atom is 0.136 e. The highest BCUT2D eigenvalue weighted by Gasteiger charge is 2.23. The third-order valence-corrected chi connectivity index (χ3v) is 3.42. The van der Waals surface area contributed by atoms with Crippen molar-refractivity contribution in [3.63, 3.8) is 0 Å². The van der Waals surface area contributed by atoms with E-state index in [1.54, 1.807) is 18.0 Å². The summed E-state index contributed by atoms with van der Waals surface area (Å²) in [4.78, 5) is 1.29. The highest BCUT2D eigenvalue weighted by molar-refractivity contribution is 8.00. The molecule has 70 valence electrons. The van der Waals surface area contributed by atoms with Crippen LogP contribution in [0.5, 0.6) is 0 Å². The van der Waals surface area contributed by atoms with Gasteiger partial charge in [0.05, 0.1) is 6.26 Å². The first-order valence-corrected chi connectivity index (χ1v) is 5.37. The third kappa shape index (κ3) is 1.21. The molecule has 1 aromatic carbocycles. The molecule has 3 heteroatoms. The maximum absolute atomic E-state index is 5.37. The van der Waals surface area contributed by atoms with Crippen LogP contribution in [0.15, 0.2) is 52.0 Å². The first kappa shape index (κ1) is 8.00. The van der Waals surface area contributed by atoms with Crippen LogP contribution in [-0.2, 0) is 0 Å². The topological polar surface area (TPSA) is 25.2 Å². The normalized spacial score (nSPS) is 19.0. The molecule has 1 aliphatic rings. The Morgan fingerprint density at radius 3 is 2.86 bits per heavy atom. The maximum atomic E-state index is 5.37. The lowest BCUT2D eigenvalue weighted by Crippen LogP contribution is -1.98. The Balaban J connectivity index is 1.92. The van der Waals surface area contributed by atoms with Gasteiger partial charge in [-0.3, -0.25) is 0 Å². The molecule has 2 nitrogen and oxygen atoms in total. The van der Waals surface area contributed by atoms with Gasteiger partial charge in [0.2, 0.25) is 0 Å². The van der Waals surface area contributed by atoms with Crippen LogP contribution in [0.3, 0.4) is 0 Å². The lowest BCUT2D eigenvalue weighted by atomic mass is 10.3. The van der Waals surface area contributed by atoms with Crippen LogP contribution in [0, 0.1) is 0 Å². The SMILES string of the molecule is c1coc(C2Nc3ccccc3S2)c1. The number of benzene rings is 1.